The van der Waals surface area contributed by atoms with Crippen molar-refractivity contribution in [3.8, 4) is 0 Å². The van der Waals surface area contributed by atoms with Crippen molar-refractivity contribution >= 4 is 5.97 Å². The van der Waals surface area contributed by atoms with E-state index in [0.717, 1.165) is 101 Å². The summed E-state index contributed by atoms with van der Waals surface area (Å²) in [6.07, 6.45) is 18.9. The van der Waals surface area contributed by atoms with Crippen LogP contribution in [0.25, 0.3) is 0 Å². The summed E-state index contributed by atoms with van der Waals surface area (Å²) in [5.41, 5.74) is 3.59. The van der Waals surface area contributed by atoms with Crippen molar-refractivity contribution in [2.45, 2.75) is 123 Å². The molecule has 48 heavy (non-hydrogen) atoms. The van der Waals surface area contributed by atoms with Gasteiger partial charge in [0.1, 0.15) is 11.7 Å². The molecule has 266 valence electrons. The molecule has 8 atom stereocenters. The second kappa shape index (κ2) is 19.1. The molecule has 0 N–H and O–H groups in total. The van der Waals surface area contributed by atoms with Crippen LogP contribution >= 0.6 is 0 Å². The Kier molecular flexibility index (Phi) is 14.6. The molecule has 2 heterocycles. The molecule has 0 radical (unpaired) electrons. The SMILES string of the molecule is COC(=O)C(COCc1ccccc1)C1=CC2C(C1)C[C@@H](OC1CCCCO1)[C@@H]2C(=CCC[C@H](C)CCC=C(C)C)OC1CCCCO1. The molecule has 1 aromatic rings. The summed E-state index contributed by atoms with van der Waals surface area (Å²) in [7, 11) is 1.47. The van der Waals surface area contributed by atoms with Crippen LogP contribution in [0.4, 0.5) is 0 Å². The lowest BCUT2D eigenvalue weighted by Crippen LogP contribution is -2.34. The van der Waals surface area contributed by atoms with Crippen LogP contribution in [0.1, 0.15) is 103 Å². The van der Waals surface area contributed by atoms with Crippen molar-refractivity contribution in [3.63, 3.8) is 0 Å². The molecular formula is C41H60O7. The fourth-order valence-corrected chi connectivity index (χ4v) is 7.87. The zero-order valence-corrected chi connectivity index (χ0v) is 29.9. The van der Waals surface area contributed by atoms with Crippen molar-refractivity contribution in [1.82, 2.24) is 0 Å². The smallest absolute Gasteiger partial charge is 0.315 e. The molecule has 2 aliphatic carbocycles. The van der Waals surface area contributed by atoms with Crippen LogP contribution in [0, 0.1) is 29.6 Å². The van der Waals surface area contributed by atoms with Gasteiger partial charge in [0.05, 0.1) is 33.0 Å². The van der Waals surface area contributed by atoms with Gasteiger partial charge in [-0.2, -0.15) is 0 Å². The van der Waals surface area contributed by atoms with Crippen LogP contribution in [0.3, 0.4) is 0 Å². The minimum Gasteiger partial charge on any atom is -0.469 e. The number of methoxy groups -OCH3 is 1. The number of esters is 1. The predicted octanol–water partition coefficient (Wildman–Crippen LogP) is 9.08. The molecule has 0 aromatic heterocycles. The summed E-state index contributed by atoms with van der Waals surface area (Å²) in [5.74, 6) is 1.54. The molecule has 5 unspecified atom stereocenters. The second-order valence-electron chi connectivity index (χ2n) is 14.7. The van der Waals surface area contributed by atoms with E-state index in [1.165, 1.54) is 19.1 Å². The first-order valence-corrected chi connectivity index (χ1v) is 18.7. The highest BCUT2D eigenvalue weighted by molar-refractivity contribution is 5.76. The van der Waals surface area contributed by atoms with Gasteiger partial charge in [-0.15, -0.1) is 0 Å². The first-order valence-electron chi connectivity index (χ1n) is 18.7. The Morgan fingerprint density at radius 2 is 1.67 bits per heavy atom. The highest BCUT2D eigenvalue weighted by Crippen LogP contribution is 2.52. The number of allylic oxidation sites excluding steroid dienone is 4. The Balaban J connectivity index is 1.37. The average molecular weight is 665 g/mol. The van der Waals surface area contributed by atoms with Crippen LogP contribution in [0.2, 0.25) is 0 Å². The maximum Gasteiger partial charge on any atom is 0.315 e. The third-order valence-electron chi connectivity index (χ3n) is 10.5. The number of benzene rings is 1. The summed E-state index contributed by atoms with van der Waals surface area (Å²) < 4.78 is 37.3. The van der Waals surface area contributed by atoms with Crippen molar-refractivity contribution in [3.05, 3.63) is 71.0 Å². The van der Waals surface area contributed by atoms with E-state index in [0.29, 0.717) is 25.0 Å². The Labute approximate surface area is 289 Å². The van der Waals surface area contributed by atoms with E-state index in [-0.39, 0.29) is 36.5 Å². The maximum absolute atomic E-state index is 13.1. The van der Waals surface area contributed by atoms with E-state index in [1.807, 2.05) is 30.3 Å². The number of rotatable bonds is 17. The van der Waals surface area contributed by atoms with Gasteiger partial charge in [0.15, 0.2) is 12.6 Å². The number of carbonyl (C=O) groups is 1. The van der Waals surface area contributed by atoms with Gasteiger partial charge < -0.3 is 28.4 Å². The fraction of sp³-hybridized carbons (Fsp3) is 0.683. The lowest BCUT2D eigenvalue weighted by atomic mass is 9.89. The van der Waals surface area contributed by atoms with Crippen LogP contribution in [-0.2, 0) is 39.8 Å². The minimum absolute atomic E-state index is 0.0169. The van der Waals surface area contributed by atoms with Gasteiger partial charge in [0.2, 0.25) is 0 Å². The zero-order valence-electron chi connectivity index (χ0n) is 29.9. The van der Waals surface area contributed by atoms with Crippen molar-refractivity contribution in [2.75, 3.05) is 26.9 Å². The van der Waals surface area contributed by atoms with E-state index in [9.17, 15) is 4.79 Å². The normalized spacial score (nSPS) is 28.7. The second-order valence-corrected chi connectivity index (χ2v) is 14.7. The topological polar surface area (TPSA) is 72.5 Å². The van der Waals surface area contributed by atoms with Gasteiger partial charge >= 0.3 is 5.97 Å². The van der Waals surface area contributed by atoms with Crippen LogP contribution in [0.5, 0.6) is 0 Å². The Hall–Kier alpha value is -2.45. The molecule has 4 aliphatic rings. The third-order valence-corrected chi connectivity index (χ3v) is 10.5. The first-order chi connectivity index (χ1) is 23.4. The number of carbonyl (C=O) groups excluding carboxylic acids is 1. The van der Waals surface area contributed by atoms with E-state index in [4.69, 9.17) is 28.4 Å². The summed E-state index contributed by atoms with van der Waals surface area (Å²) in [4.78, 5) is 13.1. The Bertz CT molecular complexity index is 1210. The van der Waals surface area contributed by atoms with E-state index < -0.39 is 5.92 Å². The quantitative estimate of drug-likeness (QED) is 0.0935. The van der Waals surface area contributed by atoms with Crippen molar-refractivity contribution in [1.29, 1.82) is 0 Å². The highest BCUT2D eigenvalue weighted by Gasteiger charge is 2.50. The number of hydrogen-bond acceptors (Lipinski definition) is 7. The van der Waals surface area contributed by atoms with Crippen molar-refractivity contribution in [2.24, 2.45) is 29.6 Å². The van der Waals surface area contributed by atoms with Crippen LogP contribution < -0.4 is 0 Å². The number of ether oxygens (including phenoxy) is 6. The van der Waals surface area contributed by atoms with Crippen molar-refractivity contribution < 1.29 is 33.2 Å². The fourth-order valence-electron chi connectivity index (χ4n) is 7.87. The monoisotopic (exact) mass is 664 g/mol. The summed E-state index contributed by atoms with van der Waals surface area (Å²) in [5, 5.41) is 0. The highest BCUT2D eigenvalue weighted by atomic mass is 16.7. The lowest BCUT2D eigenvalue weighted by Gasteiger charge is -2.33. The molecule has 3 fully saturated rings. The van der Waals surface area contributed by atoms with Gasteiger partial charge in [0.25, 0.3) is 0 Å². The van der Waals surface area contributed by atoms with Gasteiger partial charge in [-0.05, 0) is 114 Å². The van der Waals surface area contributed by atoms with E-state index >= 15 is 0 Å². The van der Waals surface area contributed by atoms with Gasteiger partial charge in [-0.3, -0.25) is 4.79 Å². The van der Waals surface area contributed by atoms with Crippen LogP contribution in [0.15, 0.2) is 65.5 Å². The van der Waals surface area contributed by atoms with Gasteiger partial charge in [0, 0.05) is 18.9 Å². The molecule has 2 saturated heterocycles. The first kappa shape index (κ1) is 36.8. The molecular weight excluding hydrogens is 604 g/mol. The molecule has 0 bridgehead atoms. The standard InChI is InChI=1S/C41H60O7/c1-29(2)14-12-15-30(3)16-13-19-36(47-38-20-8-10-22-45-38)40-34-25-32(24-33(34)26-37(40)48-39-21-9-11-23-46-39)35(41(42)43-4)28-44-27-31-17-6-5-7-18-31/h5-7,14,17-19,25,30,33-35,37-40H,8-13,15-16,20-24,26-28H2,1-4H3/t30-,33?,34?,35?,37-,38?,39?,40+/m1/s1. The average Bonchev–Trinajstić information content (AvgIpc) is 3.64. The van der Waals surface area contributed by atoms with Gasteiger partial charge in [-0.1, -0.05) is 60.6 Å². The molecule has 0 spiro atoms. The predicted molar refractivity (Wildman–Crippen MR) is 188 cm³/mol. The number of fused-ring (bicyclic) bond motifs is 1. The van der Waals surface area contributed by atoms with E-state index in [1.54, 1.807) is 0 Å². The lowest BCUT2D eigenvalue weighted by molar-refractivity contribution is -0.200. The maximum atomic E-state index is 13.1. The third kappa shape index (κ3) is 10.8. The summed E-state index contributed by atoms with van der Waals surface area (Å²) >= 11 is 0. The zero-order chi connectivity index (χ0) is 33.7. The number of hydrogen-bond donors (Lipinski definition) is 0. The molecule has 5 rings (SSSR count). The van der Waals surface area contributed by atoms with E-state index in [2.05, 4.69) is 39.0 Å². The molecule has 1 saturated carbocycles. The minimum atomic E-state index is -0.428. The molecule has 2 aliphatic heterocycles. The molecule has 1 aromatic carbocycles. The molecule has 0 amide bonds. The Morgan fingerprint density at radius 1 is 0.958 bits per heavy atom. The van der Waals surface area contributed by atoms with Crippen LogP contribution in [-0.4, -0.2) is 51.6 Å². The Morgan fingerprint density at radius 3 is 2.33 bits per heavy atom. The molecule has 7 heteroatoms. The van der Waals surface area contributed by atoms with Gasteiger partial charge in [-0.25, -0.2) is 0 Å². The molecule has 7 nitrogen and oxygen atoms in total. The summed E-state index contributed by atoms with van der Waals surface area (Å²) in [6.45, 7) is 8.95. The summed E-state index contributed by atoms with van der Waals surface area (Å²) in [6, 6.07) is 10.1. The largest absolute Gasteiger partial charge is 0.469 e.